The number of nitrogens with two attached hydrogens (primary N) is 1. The molecule has 0 atom stereocenters. The number of nitrogen functional groups attached to an aromatic ring is 1. The van der Waals surface area contributed by atoms with Gasteiger partial charge in [0.05, 0.1) is 29.4 Å². The molecule has 0 aliphatic rings. The molecular formula is C41H39ClN10O4. The van der Waals surface area contributed by atoms with E-state index in [2.05, 4.69) is 45.2 Å². The topological polar surface area (TPSA) is 211 Å². The number of hydrogen-bond acceptors (Lipinski definition) is 11. The molecule has 0 saturated carbocycles. The minimum absolute atomic E-state index is 0. The van der Waals surface area contributed by atoms with E-state index in [1.807, 2.05) is 74.5 Å². The van der Waals surface area contributed by atoms with Crippen molar-refractivity contribution in [3.63, 3.8) is 0 Å². The number of aromatic nitrogens is 8. The van der Waals surface area contributed by atoms with Gasteiger partial charge in [0.2, 0.25) is 11.2 Å². The first-order valence-corrected chi connectivity index (χ1v) is 17.3. The summed E-state index contributed by atoms with van der Waals surface area (Å²) in [5, 5.41) is 14.3. The number of carboxylic acid groups (broad SMARTS) is 1. The molecule has 0 amide bonds. The van der Waals surface area contributed by atoms with Crippen LogP contribution in [-0.4, -0.2) is 63.5 Å². The minimum Gasteiger partial charge on any atom is -0.477 e. The Labute approximate surface area is 327 Å². The predicted molar refractivity (Wildman–Crippen MR) is 219 cm³/mol. The molecule has 2 aromatic carbocycles. The van der Waals surface area contributed by atoms with Crippen LogP contribution in [0.5, 0.6) is 0 Å². The zero-order chi connectivity index (χ0) is 38.9. The van der Waals surface area contributed by atoms with Crippen molar-refractivity contribution in [3.8, 4) is 22.8 Å². The van der Waals surface area contributed by atoms with Crippen LogP contribution in [0, 0.1) is 13.8 Å². The Bertz CT molecular complexity index is 2600. The van der Waals surface area contributed by atoms with Gasteiger partial charge < -0.3 is 30.9 Å². The molecule has 0 unspecified atom stereocenters. The minimum atomic E-state index is -0.985. The molecule has 6 N–H and O–H groups in total. The first-order chi connectivity index (χ1) is 26.6. The third-order valence-corrected chi connectivity index (χ3v) is 8.17. The van der Waals surface area contributed by atoms with Crippen LogP contribution in [0.2, 0.25) is 5.28 Å². The van der Waals surface area contributed by atoms with E-state index in [1.165, 1.54) is 0 Å². The number of hydrogen-bond donors (Lipinski definition) is 5. The van der Waals surface area contributed by atoms with E-state index in [4.69, 9.17) is 27.2 Å². The van der Waals surface area contributed by atoms with Crippen molar-refractivity contribution >= 4 is 62.7 Å². The highest BCUT2D eigenvalue weighted by Gasteiger charge is 2.13. The number of ether oxygens (including phenoxy) is 1. The highest BCUT2D eigenvalue weighted by Crippen LogP contribution is 2.27. The lowest BCUT2D eigenvalue weighted by Crippen LogP contribution is -2.04. The number of carbonyl (C=O) groups is 2. The molecule has 6 heterocycles. The highest BCUT2D eigenvalue weighted by molar-refractivity contribution is 6.28. The maximum absolute atomic E-state index is 11.5. The second-order valence-corrected chi connectivity index (χ2v) is 12.3. The summed E-state index contributed by atoms with van der Waals surface area (Å²) in [5.74, 6) is -0.876. The number of halogens is 1. The van der Waals surface area contributed by atoms with Gasteiger partial charge in [-0.05, 0) is 116 Å². The van der Waals surface area contributed by atoms with Crippen molar-refractivity contribution in [2.75, 3.05) is 17.7 Å². The fraction of sp³-hybridized carbons (Fsp3) is 0.122. The van der Waals surface area contributed by atoms with Crippen LogP contribution < -0.4 is 11.1 Å². The average molecular weight is 771 g/mol. The molecular weight excluding hydrogens is 732 g/mol. The molecule has 8 rings (SSSR count). The quantitative estimate of drug-likeness (QED) is 0.0585. The molecule has 0 saturated heterocycles. The van der Waals surface area contributed by atoms with E-state index >= 15 is 0 Å². The summed E-state index contributed by atoms with van der Waals surface area (Å²) in [6, 6.07) is 25.7. The average Bonchev–Trinajstić information content (AvgIpc) is 3.83. The van der Waals surface area contributed by atoms with Crippen molar-refractivity contribution in [3.05, 3.63) is 138 Å². The van der Waals surface area contributed by atoms with Crippen LogP contribution in [-0.2, 0) is 4.74 Å². The van der Waals surface area contributed by atoms with Gasteiger partial charge in [0.25, 0.3) is 0 Å². The molecule has 284 valence electrons. The summed E-state index contributed by atoms with van der Waals surface area (Å²) in [6.07, 6.45) is 6.71. The molecule has 0 spiro atoms. The van der Waals surface area contributed by atoms with Crippen LogP contribution in [0.25, 0.3) is 44.6 Å². The van der Waals surface area contributed by atoms with Gasteiger partial charge in [0.1, 0.15) is 11.4 Å². The lowest BCUT2D eigenvalue weighted by atomic mass is 10.1. The number of aryl methyl sites for hydroxylation is 2. The summed E-state index contributed by atoms with van der Waals surface area (Å²) in [6.45, 7) is 6.02. The third kappa shape index (κ3) is 9.86. The zero-order valence-electron chi connectivity index (χ0n) is 29.9. The van der Waals surface area contributed by atoms with Crippen LogP contribution in [0.4, 0.5) is 17.3 Å². The third-order valence-electron chi connectivity index (χ3n) is 7.99. The molecule has 6 aromatic heterocycles. The summed E-state index contributed by atoms with van der Waals surface area (Å²) in [5.41, 5.74) is 14.5. The van der Waals surface area contributed by atoms with E-state index < -0.39 is 5.97 Å². The van der Waals surface area contributed by atoms with Gasteiger partial charge in [0.15, 0.2) is 0 Å². The number of aromatic carboxylic acids is 1. The number of carboxylic acids is 1. The van der Waals surface area contributed by atoms with Gasteiger partial charge in [0, 0.05) is 58.0 Å². The van der Waals surface area contributed by atoms with E-state index in [9.17, 15) is 9.59 Å². The molecule has 0 radical (unpaired) electrons. The Morgan fingerprint density at radius 3 is 1.93 bits per heavy atom. The number of nitrogens with zero attached hydrogens (tertiary/aromatic N) is 6. The normalized spacial score (nSPS) is 10.4. The lowest BCUT2D eigenvalue weighted by Gasteiger charge is -2.08. The highest BCUT2D eigenvalue weighted by atomic mass is 35.5. The fourth-order valence-electron chi connectivity index (χ4n) is 5.58. The van der Waals surface area contributed by atoms with Gasteiger partial charge in [-0.1, -0.05) is 19.6 Å². The van der Waals surface area contributed by atoms with Crippen molar-refractivity contribution in [1.82, 2.24) is 39.9 Å². The van der Waals surface area contributed by atoms with Gasteiger partial charge in [-0.3, -0.25) is 9.97 Å². The summed E-state index contributed by atoms with van der Waals surface area (Å²) >= 11 is 5.64. The van der Waals surface area contributed by atoms with E-state index in [1.54, 1.807) is 56.0 Å². The van der Waals surface area contributed by atoms with Gasteiger partial charge in [-0.15, -0.1) is 0 Å². The maximum Gasteiger partial charge on any atom is 0.354 e. The van der Waals surface area contributed by atoms with Crippen molar-refractivity contribution in [2.24, 2.45) is 0 Å². The van der Waals surface area contributed by atoms with E-state index in [-0.39, 0.29) is 24.4 Å². The van der Waals surface area contributed by atoms with Gasteiger partial charge in [-0.2, -0.15) is 0 Å². The number of carbonyl (C=O) groups excluding carboxylic acids is 1. The zero-order valence-corrected chi connectivity index (χ0v) is 30.7. The van der Waals surface area contributed by atoms with Gasteiger partial charge >= 0.3 is 11.9 Å². The monoisotopic (exact) mass is 770 g/mol. The van der Waals surface area contributed by atoms with Crippen molar-refractivity contribution in [2.45, 2.75) is 28.2 Å². The molecule has 0 aliphatic carbocycles. The second-order valence-electron chi connectivity index (χ2n) is 12.0. The second kappa shape index (κ2) is 18.2. The predicted octanol–water partition coefficient (Wildman–Crippen LogP) is 8.83. The molecule has 0 bridgehead atoms. The Morgan fingerprint density at radius 2 is 1.32 bits per heavy atom. The number of anilines is 3. The van der Waals surface area contributed by atoms with Crippen molar-refractivity contribution < 1.29 is 19.4 Å². The van der Waals surface area contributed by atoms with Crippen LogP contribution in [0.15, 0.2) is 110 Å². The molecule has 8 aromatic rings. The number of fused-ring (bicyclic) bond motifs is 2. The van der Waals surface area contributed by atoms with Crippen LogP contribution in [0.1, 0.15) is 46.5 Å². The number of esters is 1. The Hall–Kier alpha value is -7.19. The fourth-order valence-corrected chi connectivity index (χ4v) is 5.73. The SMILES string of the molecule is C.CCOC(=O)c1cc2cc(N)cc(C)c2[nH]1.Cc1cc(Nc2nccc(-c3ccccn3)n2)cc2cc(C(=O)O)[nH]c12.Clc1nccc(-c2ccccn2)n1. The molecule has 0 aliphatic heterocycles. The standard InChI is InChI=1S/C19H15N5O2.C12H14N2O2.C9H6ClN3.CH4/c1-11-8-13(9-12-10-16(18(25)26)23-17(11)12)22-19-21-7-5-15(24-19)14-4-2-3-6-20-14;1-3-16-12(15)10-6-8-5-9(13)4-7(2)11(8)14-10;10-9-12-6-4-8(13-9)7-3-1-2-5-11-7;/h2-10,23H,1H3,(H,25,26)(H,21,22,24);4-6,14H,3,13H2,1-2H3;1-6H;1H4. The summed E-state index contributed by atoms with van der Waals surface area (Å²) in [4.78, 5) is 53.7. The number of pyridine rings is 2. The number of H-pyrrole nitrogens is 2. The Morgan fingerprint density at radius 1 is 0.732 bits per heavy atom. The Balaban J connectivity index is 0.000000172. The van der Waals surface area contributed by atoms with Crippen LogP contribution >= 0.6 is 11.6 Å². The largest absolute Gasteiger partial charge is 0.477 e. The van der Waals surface area contributed by atoms with Crippen molar-refractivity contribution in [1.29, 1.82) is 0 Å². The molecule has 14 nitrogen and oxygen atoms in total. The first-order valence-electron chi connectivity index (χ1n) is 16.9. The lowest BCUT2D eigenvalue weighted by molar-refractivity contribution is 0.0520. The Kier molecular flexibility index (Phi) is 13.0. The molecule has 0 fully saturated rings. The van der Waals surface area contributed by atoms with E-state index in [0.717, 1.165) is 61.4 Å². The number of aromatic amines is 2. The summed E-state index contributed by atoms with van der Waals surface area (Å²) in [7, 11) is 0. The molecule has 15 heteroatoms. The number of rotatable bonds is 7. The smallest absolute Gasteiger partial charge is 0.354 e. The first kappa shape index (κ1) is 40.0. The number of benzene rings is 2. The maximum atomic E-state index is 11.5. The van der Waals surface area contributed by atoms with Crippen LogP contribution in [0.3, 0.4) is 0 Å². The number of nitrogens with one attached hydrogen (secondary N) is 3. The van der Waals surface area contributed by atoms with E-state index in [0.29, 0.717) is 23.9 Å². The summed E-state index contributed by atoms with van der Waals surface area (Å²) < 4.78 is 4.93. The molecule has 56 heavy (non-hydrogen) atoms. The van der Waals surface area contributed by atoms with Gasteiger partial charge in [-0.25, -0.2) is 29.5 Å².